The molecule has 1 aliphatic rings. The van der Waals surface area contributed by atoms with Gasteiger partial charge in [0, 0.05) is 23.4 Å². The molecule has 0 fully saturated rings. The number of aromatic hydroxyl groups is 1. The molecule has 0 aliphatic carbocycles. The number of halogens is 1. The zero-order valence-electron chi connectivity index (χ0n) is 18.2. The normalized spacial score (nSPS) is 14.6. The van der Waals surface area contributed by atoms with E-state index in [0.29, 0.717) is 29.9 Å². The molecule has 164 valence electrons. The van der Waals surface area contributed by atoms with E-state index in [-0.39, 0.29) is 17.1 Å². The van der Waals surface area contributed by atoms with Gasteiger partial charge in [-0.3, -0.25) is 4.57 Å². The molecule has 0 bridgehead atoms. The van der Waals surface area contributed by atoms with Crippen LogP contribution in [0.3, 0.4) is 0 Å². The lowest BCUT2D eigenvalue weighted by Gasteiger charge is -2.20. The highest BCUT2D eigenvalue weighted by atomic mass is 32.2. The van der Waals surface area contributed by atoms with Crippen molar-refractivity contribution in [2.45, 2.75) is 37.9 Å². The molecule has 1 aliphatic heterocycles. The number of hydrogen-bond donors (Lipinski definition) is 2. The van der Waals surface area contributed by atoms with Crippen LogP contribution in [0.4, 0.5) is 10.2 Å². The lowest BCUT2D eigenvalue weighted by Crippen LogP contribution is -2.24. The molecule has 8 heteroatoms. The van der Waals surface area contributed by atoms with Crippen LogP contribution in [0.25, 0.3) is 22.3 Å². The molecule has 0 atom stereocenters. The van der Waals surface area contributed by atoms with Crippen molar-refractivity contribution in [2.75, 3.05) is 17.6 Å². The number of aryl methyl sites for hydroxylation is 1. The highest BCUT2D eigenvalue weighted by molar-refractivity contribution is 7.99. The SMILES string of the molecule is Cc1nc(NCCc2ccc(O)c(-c3ccccc3F)c2)c2nc3n(c2n1)C(C)(C)CS3. The fraction of sp³-hybridized carbons (Fsp3) is 0.292. The zero-order chi connectivity index (χ0) is 22.5. The van der Waals surface area contributed by atoms with Crippen LogP contribution in [0, 0.1) is 12.7 Å². The Hall–Kier alpha value is -3.13. The smallest absolute Gasteiger partial charge is 0.171 e. The number of aromatic nitrogens is 4. The largest absolute Gasteiger partial charge is 0.507 e. The first-order valence-corrected chi connectivity index (χ1v) is 11.5. The molecule has 3 heterocycles. The fourth-order valence-corrected chi connectivity index (χ4v) is 5.31. The Balaban J connectivity index is 1.39. The molecule has 0 amide bonds. The van der Waals surface area contributed by atoms with Crippen LogP contribution in [-0.2, 0) is 12.0 Å². The number of hydrogen-bond acceptors (Lipinski definition) is 6. The molecule has 32 heavy (non-hydrogen) atoms. The topological polar surface area (TPSA) is 75.9 Å². The zero-order valence-corrected chi connectivity index (χ0v) is 19.0. The predicted octanol–water partition coefficient (Wildman–Crippen LogP) is 5.14. The number of phenolic OH excluding ortho intramolecular Hbond substituents is 1. The summed E-state index contributed by atoms with van der Waals surface area (Å²) in [6.07, 6.45) is 0.681. The summed E-state index contributed by atoms with van der Waals surface area (Å²) in [4.78, 5) is 14.0. The third-order valence-electron chi connectivity index (χ3n) is 5.68. The molecule has 2 aromatic carbocycles. The van der Waals surface area contributed by atoms with Gasteiger partial charge in [-0.1, -0.05) is 36.0 Å². The Morgan fingerprint density at radius 2 is 1.94 bits per heavy atom. The molecule has 0 radical (unpaired) electrons. The third kappa shape index (κ3) is 3.58. The van der Waals surface area contributed by atoms with E-state index in [4.69, 9.17) is 4.98 Å². The van der Waals surface area contributed by atoms with E-state index >= 15 is 0 Å². The lowest BCUT2D eigenvalue weighted by atomic mass is 10.00. The van der Waals surface area contributed by atoms with E-state index in [1.54, 1.807) is 36.0 Å². The van der Waals surface area contributed by atoms with Crippen molar-refractivity contribution in [3.8, 4) is 16.9 Å². The van der Waals surface area contributed by atoms with Gasteiger partial charge in [0.2, 0.25) is 0 Å². The van der Waals surface area contributed by atoms with E-state index in [0.717, 1.165) is 33.5 Å². The van der Waals surface area contributed by atoms with Gasteiger partial charge in [-0.25, -0.2) is 19.3 Å². The van der Waals surface area contributed by atoms with E-state index in [1.165, 1.54) is 6.07 Å². The van der Waals surface area contributed by atoms with Crippen molar-refractivity contribution in [3.05, 3.63) is 59.7 Å². The van der Waals surface area contributed by atoms with Crippen LogP contribution in [-0.4, -0.2) is 36.9 Å². The van der Waals surface area contributed by atoms with Gasteiger partial charge in [0.1, 0.15) is 17.4 Å². The van der Waals surface area contributed by atoms with E-state index in [2.05, 4.69) is 33.7 Å². The summed E-state index contributed by atoms with van der Waals surface area (Å²) < 4.78 is 16.4. The van der Waals surface area contributed by atoms with Gasteiger partial charge in [0.05, 0.1) is 5.54 Å². The summed E-state index contributed by atoms with van der Waals surface area (Å²) >= 11 is 1.74. The summed E-state index contributed by atoms with van der Waals surface area (Å²) in [5, 5.41) is 14.6. The Morgan fingerprint density at radius 1 is 1.12 bits per heavy atom. The average Bonchev–Trinajstić information content (AvgIpc) is 3.27. The number of benzene rings is 2. The van der Waals surface area contributed by atoms with E-state index in [1.807, 2.05) is 19.1 Å². The van der Waals surface area contributed by atoms with Crippen LogP contribution in [0.15, 0.2) is 47.6 Å². The standard InChI is InChI=1S/C24H24FN5OS/c1-14-27-21(20-22(28-14)30-23(29-20)32-13-24(30,2)3)26-11-10-15-8-9-19(31)17(12-15)16-6-4-5-7-18(16)25/h4-9,12,31H,10-11,13H2,1-3H3,(H,26,27,28). The highest BCUT2D eigenvalue weighted by Gasteiger charge is 2.34. The van der Waals surface area contributed by atoms with Gasteiger partial charge in [0.25, 0.3) is 0 Å². The Morgan fingerprint density at radius 3 is 2.75 bits per heavy atom. The maximum atomic E-state index is 14.2. The van der Waals surface area contributed by atoms with Crippen molar-refractivity contribution >= 4 is 28.7 Å². The Labute approximate surface area is 189 Å². The van der Waals surface area contributed by atoms with Gasteiger partial charge < -0.3 is 10.4 Å². The third-order valence-corrected chi connectivity index (χ3v) is 7.06. The molecular weight excluding hydrogens is 425 g/mol. The van der Waals surface area contributed by atoms with Crippen molar-refractivity contribution in [2.24, 2.45) is 0 Å². The molecular formula is C24H24FN5OS. The summed E-state index contributed by atoms with van der Waals surface area (Å²) in [7, 11) is 0. The molecule has 0 saturated carbocycles. The van der Waals surface area contributed by atoms with Gasteiger partial charge >= 0.3 is 0 Å². The van der Waals surface area contributed by atoms with Crippen LogP contribution in [0.2, 0.25) is 0 Å². The summed E-state index contributed by atoms with van der Waals surface area (Å²) in [6.45, 7) is 6.90. The number of anilines is 1. The van der Waals surface area contributed by atoms with Gasteiger partial charge in [-0.15, -0.1) is 0 Å². The number of thioether (sulfide) groups is 1. The number of fused-ring (bicyclic) bond motifs is 3. The monoisotopic (exact) mass is 449 g/mol. The predicted molar refractivity (Wildman–Crippen MR) is 126 cm³/mol. The van der Waals surface area contributed by atoms with Crippen LogP contribution >= 0.6 is 11.8 Å². The molecule has 2 N–H and O–H groups in total. The molecule has 4 aromatic rings. The molecule has 0 spiro atoms. The maximum Gasteiger partial charge on any atom is 0.171 e. The van der Waals surface area contributed by atoms with Crippen molar-refractivity contribution in [1.29, 1.82) is 0 Å². The average molecular weight is 450 g/mol. The first-order valence-electron chi connectivity index (χ1n) is 10.5. The molecule has 5 rings (SSSR count). The summed E-state index contributed by atoms with van der Waals surface area (Å²) in [5.74, 6) is 2.10. The van der Waals surface area contributed by atoms with E-state index < -0.39 is 0 Å². The lowest BCUT2D eigenvalue weighted by molar-refractivity contribution is 0.404. The first kappa shape index (κ1) is 20.8. The molecule has 2 aromatic heterocycles. The van der Waals surface area contributed by atoms with Gasteiger partial charge in [-0.05, 0) is 51.0 Å². The van der Waals surface area contributed by atoms with Gasteiger partial charge in [0.15, 0.2) is 22.1 Å². The van der Waals surface area contributed by atoms with Gasteiger partial charge in [-0.2, -0.15) is 0 Å². The maximum absolute atomic E-state index is 14.2. The second kappa shape index (κ2) is 7.78. The first-order chi connectivity index (χ1) is 15.3. The minimum atomic E-state index is -0.356. The number of rotatable bonds is 5. The Bertz CT molecular complexity index is 1330. The fourth-order valence-electron chi connectivity index (χ4n) is 4.08. The quantitative estimate of drug-likeness (QED) is 0.439. The number of phenols is 1. The number of nitrogens with zero attached hydrogens (tertiary/aromatic N) is 4. The van der Waals surface area contributed by atoms with Crippen LogP contribution < -0.4 is 5.32 Å². The number of nitrogens with one attached hydrogen (secondary N) is 1. The van der Waals surface area contributed by atoms with Crippen molar-refractivity contribution in [3.63, 3.8) is 0 Å². The van der Waals surface area contributed by atoms with Crippen LogP contribution in [0.1, 0.15) is 25.2 Å². The minimum Gasteiger partial charge on any atom is -0.507 e. The van der Waals surface area contributed by atoms with Crippen molar-refractivity contribution < 1.29 is 9.50 Å². The van der Waals surface area contributed by atoms with Crippen molar-refractivity contribution in [1.82, 2.24) is 19.5 Å². The summed E-state index contributed by atoms with van der Waals surface area (Å²) in [6, 6.07) is 11.8. The second-order valence-corrected chi connectivity index (χ2v) is 9.57. The van der Waals surface area contributed by atoms with E-state index in [9.17, 15) is 9.50 Å². The molecule has 0 saturated heterocycles. The molecule has 6 nitrogen and oxygen atoms in total. The van der Waals surface area contributed by atoms with Crippen LogP contribution in [0.5, 0.6) is 5.75 Å². The Kier molecular flexibility index (Phi) is 5.04. The minimum absolute atomic E-state index is 0.0397. The second-order valence-electron chi connectivity index (χ2n) is 8.63. The molecule has 0 unspecified atom stereocenters. The number of imidazole rings is 1. The highest BCUT2D eigenvalue weighted by Crippen LogP contribution is 2.40. The summed E-state index contributed by atoms with van der Waals surface area (Å²) in [5.41, 5.74) is 3.47.